The number of amides is 1. The van der Waals surface area contributed by atoms with E-state index >= 15 is 0 Å². The molecule has 1 N–H and O–H groups in total. The number of methoxy groups -OCH3 is 1. The van der Waals surface area contributed by atoms with Crippen LogP contribution in [0.5, 0.6) is 0 Å². The maximum Gasteiger partial charge on any atom is 0.251 e. The summed E-state index contributed by atoms with van der Waals surface area (Å²) in [6, 6.07) is 14.2. The maximum atomic E-state index is 12.9. The predicted octanol–water partition coefficient (Wildman–Crippen LogP) is 4.17. The van der Waals surface area contributed by atoms with Gasteiger partial charge in [-0.2, -0.15) is 0 Å². The fourth-order valence-corrected chi connectivity index (χ4v) is 3.22. The highest BCUT2D eigenvalue weighted by atomic mass is 16.5. The summed E-state index contributed by atoms with van der Waals surface area (Å²) in [6.45, 7) is 6.53. The van der Waals surface area contributed by atoms with Crippen LogP contribution in [-0.2, 0) is 11.2 Å². The lowest BCUT2D eigenvalue weighted by Crippen LogP contribution is -2.35. The molecule has 1 heterocycles. The summed E-state index contributed by atoms with van der Waals surface area (Å²) in [7, 11) is 1.63. The van der Waals surface area contributed by atoms with Crippen LogP contribution in [0.15, 0.2) is 54.9 Å². The number of nitrogens with one attached hydrogen (secondary N) is 1. The summed E-state index contributed by atoms with van der Waals surface area (Å²) in [5, 5.41) is 3.00. The molecule has 0 aliphatic rings. The second-order valence-corrected chi connectivity index (χ2v) is 7.03. The van der Waals surface area contributed by atoms with Gasteiger partial charge in [-0.25, -0.2) is 4.98 Å². The van der Waals surface area contributed by atoms with Gasteiger partial charge in [0, 0.05) is 43.2 Å². The molecule has 0 saturated carbocycles. The molecular formula is C23H27N3O2. The third-order valence-corrected chi connectivity index (χ3v) is 4.67. The van der Waals surface area contributed by atoms with Gasteiger partial charge in [0.25, 0.3) is 5.91 Å². The first kappa shape index (κ1) is 19.8. The van der Waals surface area contributed by atoms with Crippen LogP contribution in [0.25, 0.3) is 16.8 Å². The number of aryl methyl sites for hydroxylation is 2. The van der Waals surface area contributed by atoms with Crippen molar-refractivity contribution in [3.63, 3.8) is 0 Å². The first-order valence-corrected chi connectivity index (χ1v) is 9.56. The standard InChI is InChI=1S/C23H27N3O2/c1-5-22-24-10-11-26(22)21-13-19(18-8-6-16(2)7-9-18)12-20(14-21)23(27)25-17(3)15-28-4/h6-14,17H,5,15H2,1-4H3,(H,25,27)/t17-/m1/s1. The smallest absolute Gasteiger partial charge is 0.251 e. The third kappa shape index (κ3) is 4.49. The van der Waals surface area contributed by atoms with Crippen molar-refractivity contribution in [3.8, 4) is 16.8 Å². The van der Waals surface area contributed by atoms with Gasteiger partial charge < -0.3 is 14.6 Å². The van der Waals surface area contributed by atoms with Gasteiger partial charge in [-0.15, -0.1) is 0 Å². The number of hydrogen-bond acceptors (Lipinski definition) is 3. The fourth-order valence-electron chi connectivity index (χ4n) is 3.22. The van der Waals surface area contributed by atoms with Crippen LogP contribution in [0.2, 0.25) is 0 Å². The maximum absolute atomic E-state index is 12.9. The molecule has 0 spiro atoms. The van der Waals surface area contributed by atoms with Gasteiger partial charge in [-0.1, -0.05) is 36.8 Å². The van der Waals surface area contributed by atoms with E-state index in [1.165, 1.54) is 5.56 Å². The zero-order chi connectivity index (χ0) is 20.1. The van der Waals surface area contributed by atoms with Crippen molar-refractivity contribution in [1.29, 1.82) is 0 Å². The lowest BCUT2D eigenvalue weighted by atomic mass is 10.0. The minimum absolute atomic E-state index is 0.0663. The van der Waals surface area contributed by atoms with E-state index in [-0.39, 0.29) is 11.9 Å². The van der Waals surface area contributed by atoms with Crippen LogP contribution in [0.3, 0.4) is 0 Å². The van der Waals surface area contributed by atoms with Crippen molar-refractivity contribution in [2.45, 2.75) is 33.2 Å². The molecule has 0 aliphatic heterocycles. The molecule has 1 aromatic heterocycles. The van der Waals surface area contributed by atoms with Crippen molar-refractivity contribution in [2.75, 3.05) is 13.7 Å². The molecule has 1 atom stereocenters. The summed E-state index contributed by atoms with van der Waals surface area (Å²) in [4.78, 5) is 17.3. The predicted molar refractivity (Wildman–Crippen MR) is 112 cm³/mol. The van der Waals surface area contributed by atoms with Crippen molar-refractivity contribution < 1.29 is 9.53 Å². The van der Waals surface area contributed by atoms with Crippen molar-refractivity contribution in [1.82, 2.24) is 14.9 Å². The molecule has 0 aliphatic carbocycles. The lowest BCUT2D eigenvalue weighted by molar-refractivity contribution is 0.0905. The quantitative estimate of drug-likeness (QED) is 0.672. The van der Waals surface area contributed by atoms with Gasteiger partial charge in [0.05, 0.1) is 6.61 Å². The molecule has 0 radical (unpaired) electrons. The van der Waals surface area contributed by atoms with E-state index in [1.54, 1.807) is 13.3 Å². The molecule has 0 unspecified atom stereocenters. The van der Waals surface area contributed by atoms with Gasteiger partial charge in [0.1, 0.15) is 5.82 Å². The normalized spacial score (nSPS) is 12.0. The van der Waals surface area contributed by atoms with Crippen molar-refractivity contribution in [3.05, 3.63) is 71.8 Å². The average molecular weight is 377 g/mol. The van der Waals surface area contributed by atoms with Crippen LogP contribution < -0.4 is 5.32 Å². The first-order chi connectivity index (χ1) is 13.5. The monoisotopic (exact) mass is 377 g/mol. The van der Waals surface area contributed by atoms with E-state index in [1.807, 2.05) is 29.8 Å². The Labute approximate surface area is 166 Å². The number of carbonyl (C=O) groups excluding carboxylic acids is 1. The van der Waals surface area contributed by atoms with E-state index in [9.17, 15) is 4.79 Å². The van der Waals surface area contributed by atoms with Crippen LogP contribution in [0.4, 0.5) is 0 Å². The Kier molecular flexibility index (Phi) is 6.26. The van der Waals surface area contributed by atoms with Gasteiger partial charge >= 0.3 is 0 Å². The van der Waals surface area contributed by atoms with Gasteiger partial charge in [0.15, 0.2) is 0 Å². The summed E-state index contributed by atoms with van der Waals surface area (Å²) in [5.41, 5.74) is 4.82. The van der Waals surface area contributed by atoms with Crippen molar-refractivity contribution in [2.24, 2.45) is 0 Å². The molecule has 146 valence electrons. The number of rotatable bonds is 7. The van der Waals surface area contributed by atoms with E-state index in [2.05, 4.69) is 54.5 Å². The number of benzene rings is 2. The van der Waals surface area contributed by atoms with E-state index in [0.29, 0.717) is 12.2 Å². The Morgan fingerprint density at radius 3 is 2.61 bits per heavy atom. The number of ether oxygens (including phenoxy) is 1. The van der Waals surface area contributed by atoms with E-state index in [0.717, 1.165) is 29.1 Å². The molecule has 0 saturated heterocycles. The van der Waals surface area contributed by atoms with Crippen molar-refractivity contribution >= 4 is 5.91 Å². The lowest BCUT2D eigenvalue weighted by Gasteiger charge is -2.16. The fraction of sp³-hybridized carbons (Fsp3) is 0.304. The molecule has 3 aromatic rings. The highest BCUT2D eigenvalue weighted by Crippen LogP contribution is 2.26. The molecule has 2 aromatic carbocycles. The second kappa shape index (κ2) is 8.85. The topological polar surface area (TPSA) is 56.2 Å². The Hall–Kier alpha value is -2.92. The zero-order valence-corrected chi connectivity index (χ0v) is 16.9. The summed E-state index contributed by atoms with van der Waals surface area (Å²) in [5.74, 6) is 0.845. The van der Waals surface area contributed by atoms with Crippen LogP contribution >= 0.6 is 0 Å². The Morgan fingerprint density at radius 1 is 1.18 bits per heavy atom. The molecule has 0 fully saturated rings. The summed E-state index contributed by atoms with van der Waals surface area (Å²) < 4.78 is 7.17. The number of hydrogen-bond donors (Lipinski definition) is 1. The molecule has 28 heavy (non-hydrogen) atoms. The highest BCUT2D eigenvalue weighted by Gasteiger charge is 2.14. The highest BCUT2D eigenvalue weighted by molar-refractivity contribution is 5.96. The van der Waals surface area contributed by atoms with Crippen LogP contribution in [-0.4, -0.2) is 35.2 Å². The summed E-state index contributed by atoms with van der Waals surface area (Å²) >= 11 is 0. The molecular weight excluding hydrogens is 350 g/mol. The van der Waals surface area contributed by atoms with E-state index < -0.39 is 0 Å². The second-order valence-electron chi connectivity index (χ2n) is 7.03. The van der Waals surface area contributed by atoms with Gasteiger partial charge in [-0.3, -0.25) is 4.79 Å². The Bertz CT molecular complexity index is 945. The summed E-state index contributed by atoms with van der Waals surface area (Å²) in [6.07, 6.45) is 4.54. The third-order valence-electron chi connectivity index (χ3n) is 4.67. The molecule has 3 rings (SSSR count). The van der Waals surface area contributed by atoms with Gasteiger partial charge in [-0.05, 0) is 43.2 Å². The molecule has 0 bridgehead atoms. The van der Waals surface area contributed by atoms with Crippen LogP contribution in [0, 0.1) is 6.92 Å². The zero-order valence-electron chi connectivity index (χ0n) is 16.9. The molecule has 1 amide bonds. The first-order valence-electron chi connectivity index (χ1n) is 9.56. The number of nitrogens with zero attached hydrogens (tertiary/aromatic N) is 2. The number of carbonyl (C=O) groups is 1. The SMILES string of the molecule is CCc1nccn1-c1cc(C(=O)N[C@H](C)COC)cc(-c2ccc(C)cc2)c1. The minimum Gasteiger partial charge on any atom is -0.383 e. The largest absolute Gasteiger partial charge is 0.383 e. The Balaban J connectivity index is 2.06. The average Bonchev–Trinajstić information content (AvgIpc) is 3.17. The Morgan fingerprint density at radius 2 is 1.93 bits per heavy atom. The number of aromatic nitrogens is 2. The minimum atomic E-state index is -0.113. The van der Waals surface area contributed by atoms with E-state index in [4.69, 9.17) is 4.74 Å². The molecule has 5 heteroatoms. The number of imidazole rings is 1. The van der Waals surface area contributed by atoms with Crippen LogP contribution in [0.1, 0.15) is 35.6 Å². The molecule has 5 nitrogen and oxygen atoms in total. The van der Waals surface area contributed by atoms with Gasteiger partial charge in [0.2, 0.25) is 0 Å².